The number of imide groups is 1. The molecule has 3 aromatic carbocycles. The monoisotopic (exact) mass is 673 g/mol. The summed E-state index contributed by atoms with van der Waals surface area (Å²) < 4.78 is 15.6. The number of ether oxygens (including phenoxy) is 3. The van der Waals surface area contributed by atoms with Crippen molar-refractivity contribution in [3.05, 3.63) is 108 Å². The van der Waals surface area contributed by atoms with Crippen molar-refractivity contribution < 1.29 is 47.8 Å². The topological polar surface area (TPSA) is 191 Å². The molecule has 3 aromatic rings. The van der Waals surface area contributed by atoms with Crippen LogP contribution in [0.2, 0.25) is 0 Å². The van der Waals surface area contributed by atoms with Crippen LogP contribution in [-0.4, -0.2) is 59.7 Å². The van der Waals surface area contributed by atoms with Gasteiger partial charge in [-0.3, -0.25) is 25.2 Å². The molecule has 4 rings (SSSR count). The quantitative estimate of drug-likeness (QED) is 0.0789. The van der Waals surface area contributed by atoms with E-state index in [0.717, 1.165) is 11.1 Å². The van der Waals surface area contributed by atoms with Gasteiger partial charge in [0, 0.05) is 19.4 Å². The van der Waals surface area contributed by atoms with E-state index in [0.29, 0.717) is 10.6 Å². The van der Waals surface area contributed by atoms with E-state index in [1.54, 1.807) is 78.9 Å². The van der Waals surface area contributed by atoms with E-state index in [-0.39, 0.29) is 58.0 Å². The lowest BCUT2D eigenvalue weighted by atomic mass is 10.1. The Morgan fingerprint density at radius 3 is 1.53 bits per heavy atom. The molecule has 1 fully saturated rings. The SMILES string of the molecule is O=C(NC(=NCCCC(NC(=O)OCc1ccccc1)C(=O)ON1C(=O)CCC1=O)NC(=O)OCc1ccccc1)OCc1ccccc1. The average Bonchev–Trinajstić information content (AvgIpc) is 3.43. The molecular formula is C34H35N5O10. The van der Waals surface area contributed by atoms with Gasteiger partial charge in [0.15, 0.2) is 0 Å². The van der Waals surface area contributed by atoms with E-state index in [4.69, 9.17) is 19.0 Å². The van der Waals surface area contributed by atoms with E-state index in [2.05, 4.69) is 20.9 Å². The zero-order valence-electron chi connectivity index (χ0n) is 26.4. The van der Waals surface area contributed by atoms with Gasteiger partial charge in [-0.15, -0.1) is 5.06 Å². The first-order valence-corrected chi connectivity index (χ1v) is 15.3. The highest BCUT2D eigenvalue weighted by Gasteiger charge is 2.35. The summed E-state index contributed by atoms with van der Waals surface area (Å²) in [6.45, 7) is -0.255. The number of nitrogens with one attached hydrogen (secondary N) is 3. The highest BCUT2D eigenvalue weighted by Crippen LogP contribution is 2.14. The van der Waals surface area contributed by atoms with Crippen molar-refractivity contribution in [2.24, 2.45) is 4.99 Å². The van der Waals surface area contributed by atoms with Crippen molar-refractivity contribution in [3.63, 3.8) is 0 Å². The summed E-state index contributed by atoms with van der Waals surface area (Å²) in [7, 11) is 0. The highest BCUT2D eigenvalue weighted by atomic mass is 16.7. The lowest BCUT2D eigenvalue weighted by molar-refractivity contribution is -0.199. The average molecular weight is 674 g/mol. The number of benzene rings is 3. The number of alkyl carbamates (subject to hydrolysis) is 3. The first-order valence-electron chi connectivity index (χ1n) is 15.3. The van der Waals surface area contributed by atoms with E-state index in [9.17, 15) is 28.8 Å². The predicted octanol–water partition coefficient (Wildman–Crippen LogP) is 3.88. The molecule has 0 bridgehead atoms. The molecule has 49 heavy (non-hydrogen) atoms. The van der Waals surface area contributed by atoms with E-state index < -0.39 is 42.1 Å². The minimum atomic E-state index is -1.35. The number of hydrogen-bond donors (Lipinski definition) is 3. The summed E-state index contributed by atoms with van der Waals surface area (Å²) in [4.78, 5) is 83.8. The second-order valence-electron chi connectivity index (χ2n) is 10.5. The van der Waals surface area contributed by atoms with Crippen LogP contribution in [0.1, 0.15) is 42.4 Å². The number of aliphatic imine (C=N–C) groups is 1. The molecule has 15 nitrogen and oxygen atoms in total. The highest BCUT2D eigenvalue weighted by molar-refractivity contribution is 6.02. The van der Waals surface area contributed by atoms with Crippen molar-refractivity contribution in [1.82, 2.24) is 21.0 Å². The Morgan fingerprint density at radius 1 is 0.653 bits per heavy atom. The zero-order valence-corrected chi connectivity index (χ0v) is 26.4. The number of carbonyl (C=O) groups is 6. The molecule has 1 aliphatic heterocycles. The van der Waals surface area contributed by atoms with Crippen LogP contribution in [-0.2, 0) is 53.3 Å². The molecule has 0 saturated carbocycles. The third kappa shape index (κ3) is 12.5. The lowest BCUT2D eigenvalue weighted by Gasteiger charge is -2.20. The Kier molecular flexibility index (Phi) is 13.6. The normalized spacial score (nSPS) is 12.7. The van der Waals surface area contributed by atoms with E-state index >= 15 is 0 Å². The van der Waals surface area contributed by atoms with Crippen molar-refractivity contribution >= 4 is 42.0 Å². The minimum Gasteiger partial charge on any atom is -0.445 e. The first-order chi connectivity index (χ1) is 23.8. The Labute approximate surface area is 281 Å². The van der Waals surface area contributed by atoms with Gasteiger partial charge in [0.25, 0.3) is 11.8 Å². The molecule has 1 unspecified atom stereocenters. The van der Waals surface area contributed by atoms with Crippen LogP contribution < -0.4 is 16.0 Å². The second kappa shape index (κ2) is 18.8. The largest absolute Gasteiger partial charge is 0.445 e. The number of hydrogen-bond acceptors (Lipinski definition) is 11. The number of guanidine groups is 1. The summed E-state index contributed by atoms with van der Waals surface area (Å²) in [5.41, 5.74) is 2.17. The fraction of sp³-hybridized carbons (Fsp3) is 0.265. The molecule has 1 atom stereocenters. The summed E-state index contributed by atoms with van der Waals surface area (Å²) in [6.07, 6.45) is -2.98. The maximum atomic E-state index is 13.0. The van der Waals surface area contributed by atoms with Gasteiger partial charge in [-0.25, -0.2) is 19.2 Å². The molecule has 256 valence electrons. The molecule has 3 N–H and O–H groups in total. The molecule has 15 heteroatoms. The number of carbonyl (C=O) groups excluding carboxylic acids is 6. The van der Waals surface area contributed by atoms with Gasteiger partial charge in [-0.05, 0) is 29.5 Å². The number of nitrogens with zero attached hydrogens (tertiary/aromatic N) is 2. The molecule has 5 amide bonds. The van der Waals surface area contributed by atoms with Gasteiger partial charge in [0.2, 0.25) is 5.96 Å². The third-order valence-corrected chi connectivity index (χ3v) is 6.76. The molecular weight excluding hydrogens is 638 g/mol. The van der Waals surface area contributed by atoms with Crippen molar-refractivity contribution in [1.29, 1.82) is 0 Å². The number of rotatable bonds is 13. The lowest BCUT2D eigenvalue weighted by Crippen LogP contribution is -2.46. The van der Waals surface area contributed by atoms with E-state index in [1.165, 1.54) is 0 Å². The summed E-state index contributed by atoms with van der Waals surface area (Å²) in [5, 5.41) is 7.50. The molecule has 1 saturated heterocycles. The van der Waals surface area contributed by atoms with Crippen LogP contribution in [0.3, 0.4) is 0 Å². The molecule has 1 aliphatic rings. The molecule has 0 radical (unpaired) electrons. The third-order valence-electron chi connectivity index (χ3n) is 6.76. The van der Waals surface area contributed by atoms with Crippen molar-refractivity contribution in [2.45, 2.75) is 51.5 Å². The first kappa shape index (κ1) is 35.6. The van der Waals surface area contributed by atoms with Gasteiger partial charge in [0.1, 0.15) is 25.9 Å². The van der Waals surface area contributed by atoms with Gasteiger partial charge in [-0.1, -0.05) is 91.0 Å². The minimum absolute atomic E-state index is 0.0454. The maximum absolute atomic E-state index is 13.0. The smallest absolute Gasteiger partial charge is 0.414 e. The van der Waals surface area contributed by atoms with Crippen LogP contribution in [0.4, 0.5) is 14.4 Å². The van der Waals surface area contributed by atoms with Crippen LogP contribution >= 0.6 is 0 Å². The van der Waals surface area contributed by atoms with Crippen molar-refractivity contribution in [3.8, 4) is 0 Å². The van der Waals surface area contributed by atoms with E-state index in [1.807, 2.05) is 12.1 Å². The number of amides is 5. The molecule has 0 spiro atoms. The zero-order chi connectivity index (χ0) is 34.8. The van der Waals surface area contributed by atoms with Crippen LogP contribution in [0.5, 0.6) is 0 Å². The van der Waals surface area contributed by atoms with Gasteiger partial charge >= 0.3 is 24.2 Å². The summed E-state index contributed by atoms with van der Waals surface area (Å²) in [5.74, 6) is -2.74. The molecule has 1 heterocycles. The maximum Gasteiger partial charge on any atom is 0.414 e. The van der Waals surface area contributed by atoms with Gasteiger partial charge in [-0.2, -0.15) is 0 Å². The Bertz CT molecular complexity index is 1540. The number of hydroxylamine groups is 2. The van der Waals surface area contributed by atoms with Crippen LogP contribution in [0, 0.1) is 0 Å². The summed E-state index contributed by atoms with van der Waals surface area (Å²) >= 11 is 0. The second-order valence-corrected chi connectivity index (χ2v) is 10.5. The molecule has 0 aliphatic carbocycles. The standard InChI is InChI=1S/C34H35N5O10/c40-28-18-19-29(41)39(28)49-30(42)27(36-32(43)46-21-24-11-4-1-5-12-24)17-10-20-35-31(37-33(44)47-22-25-13-6-2-7-14-25)38-34(45)48-23-26-15-8-3-9-16-26/h1-9,11-16,27H,10,17-23H2,(H,36,43)(H2,35,37,38,44,45). The van der Waals surface area contributed by atoms with Crippen molar-refractivity contribution in [2.75, 3.05) is 6.54 Å². The Balaban J connectivity index is 1.37. The molecule has 0 aromatic heterocycles. The van der Waals surface area contributed by atoms with Gasteiger partial charge in [0.05, 0.1) is 0 Å². The fourth-order valence-electron chi connectivity index (χ4n) is 4.28. The Hall–Kier alpha value is -6.25. The van der Waals surface area contributed by atoms with Crippen LogP contribution in [0.25, 0.3) is 0 Å². The fourth-order valence-corrected chi connectivity index (χ4v) is 4.28. The Morgan fingerprint density at radius 2 is 1.08 bits per heavy atom. The van der Waals surface area contributed by atoms with Gasteiger partial charge < -0.3 is 24.4 Å². The van der Waals surface area contributed by atoms with Crippen LogP contribution in [0.15, 0.2) is 96.0 Å². The summed E-state index contributed by atoms with van der Waals surface area (Å²) in [6, 6.07) is 25.3. The predicted molar refractivity (Wildman–Crippen MR) is 172 cm³/mol.